The van der Waals surface area contributed by atoms with Gasteiger partial charge in [0.15, 0.2) is 0 Å². The van der Waals surface area contributed by atoms with Crippen molar-refractivity contribution in [2.75, 3.05) is 12.4 Å². The second-order valence-electron chi connectivity index (χ2n) is 4.77. The standard InChI is InChI=1S/C16H11Cl2N3O2S/c1-23-11-4-2-3-9(7-11)14-15(24-21-20-14)16(22)19-10-5-6-12(17)13(18)8-10/h2-8H,1H3,(H,19,22). The number of aromatic nitrogens is 2. The molecule has 2 aromatic carbocycles. The summed E-state index contributed by atoms with van der Waals surface area (Å²) in [6, 6.07) is 12.2. The van der Waals surface area contributed by atoms with E-state index >= 15 is 0 Å². The third-order valence-corrected chi connectivity index (χ3v) is 4.68. The van der Waals surface area contributed by atoms with E-state index in [4.69, 9.17) is 27.9 Å². The Hall–Kier alpha value is -2.15. The van der Waals surface area contributed by atoms with Gasteiger partial charge >= 0.3 is 0 Å². The van der Waals surface area contributed by atoms with Crippen LogP contribution in [0.5, 0.6) is 5.75 Å². The number of nitrogens with one attached hydrogen (secondary N) is 1. The van der Waals surface area contributed by atoms with Gasteiger partial charge in [-0.25, -0.2) is 0 Å². The maximum atomic E-state index is 12.5. The van der Waals surface area contributed by atoms with Gasteiger partial charge in [-0.15, -0.1) is 5.10 Å². The summed E-state index contributed by atoms with van der Waals surface area (Å²) >= 11 is 12.9. The van der Waals surface area contributed by atoms with Crippen LogP contribution in [0.15, 0.2) is 42.5 Å². The van der Waals surface area contributed by atoms with Gasteiger partial charge in [0.05, 0.1) is 17.2 Å². The molecule has 0 atom stereocenters. The first kappa shape index (κ1) is 16.7. The highest BCUT2D eigenvalue weighted by atomic mass is 35.5. The predicted octanol–water partition coefficient (Wildman–Crippen LogP) is 4.77. The molecule has 0 fully saturated rings. The van der Waals surface area contributed by atoms with Crippen molar-refractivity contribution in [3.8, 4) is 17.0 Å². The number of benzene rings is 2. The summed E-state index contributed by atoms with van der Waals surface area (Å²) in [7, 11) is 1.58. The fraction of sp³-hybridized carbons (Fsp3) is 0.0625. The molecule has 0 aliphatic carbocycles. The molecule has 3 aromatic rings. The van der Waals surface area contributed by atoms with E-state index in [1.54, 1.807) is 31.4 Å². The SMILES string of the molecule is COc1cccc(-c2nnsc2C(=O)Nc2ccc(Cl)c(Cl)c2)c1. The van der Waals surface area contributed by atoms with Crippen LogP contribution in [-0.4, -0.2) is 22.6 Å². The summed E-state index contributed by atoms with van der Waals surface area (Å²) in [6.45, 7) is 0. The van der Waals surface area contributed by atoms with Crippen LogP contribution < -0.4 is 10.1 Å². The summed E-state index contributed by atoms with van der Waals surface area (Å²) in [4.78, 5) is 12.9. The summed E-state index contributed by atoms with van der Waals surface area (Å²) in [5, 5.41) is 7.62. The molecule has 0 bridgehead atoms. The van der Waals surface area contributed by atoms with Crippen molar-refractivity contribution < 1.29 is 9.53 Å². The van der Waals surface area contributed by atoms with E-state index in [0.717, 1.165) is 17.1 Å². The minimum Gasteiger partial charge on any atom is -0.497 e. The van der Waals surface area contributed by atoms with E-state index in [-0.39, 0.29) is 5.91 Å². The van der Waals surface area contributed by atoms with Crippen molar-refractivity contribution >= 4 is 46.3 Å². The number of halogens is 2. The van der Waals surface area contributed by atoms with Crippen LogP contribution in [-0.2, 0) is 0 Å². The summed E-state index contributed by atoms with van der Waals surface area (Å²) in [6.07, 6.45) is 0. The Kier molecular flexibility index (Phi) is 4.99. The van der Waals surface area contributed by atoms with Crippen molar-refractivity contribution in [2.24, 2.45) is 0 Å². The van der Waals surface area contributed by atoms with Gasteiger partial charge in [0.1, 0.15) is 16.3 Å². The minimum atomic E-state index is -0.318. The Bertz CT molecular complexity index is 899. The van der Waals surface area contributed by atoms with Gasteiger partial charge in [0, 0.05) is 11.3 Å². The number of carbonyl (C=O) groups excluding carboxylic acids is 1. The molecule has 0 saturated carbocycles. The number of methoxy groups -OCH3 is 1. The Labute approximate surface area is 152 Å². The summed E-state index contributed by atoms with van der Waals surface area (Å²) in [5.41, 5.74) is 1.79. The van der Waals surface area contributed by atoms with Crippen LogP contribution in [0.3, 0.4) is 0 Å². The first-order chi connectivity index (χ1) is 11.6. The number of anilines is 1. The van der Waals surface area contributed by atoms with Crippen molar-refractivity contribution in [3.63, 3.8) is 0 Å². The number of hydrogen-bond donors (Lipinski definition) is 1. The van der Waals surface area contributed by atoms with E-state index in [1.165, 1.54) is 0 Å². The molecule has 3 rings (SSSR count). The van der Waals surface area contributed by atoms with Crippen LogP contribution in [0.1, 0.15) is 9.67 Å². The second-order valence-corrected chi connectivity index (χ2v) is 6.33. The highest BCUT2D eigenvalue weighted by Gasteiger charge is 2.18. The minimum absolute atomic E-state index is 0.318. The van der Waals surface area contributed by atoms with Gasteiger partial charge in [0.25, 0.3) is 5.91 Å². The maximum Gasteiger partial charge on any atom is 0.269 e. The third kappa shape index (κ3) is 3.51. The number of hydrogen-bond acceptors (Lipinski definition) is 5. The Morgan fingerprint density at radius 2 is 2.00 bits per heavy atom. The van der Waals surface area contributed by atoms with Crippen LogP contribution in [0, 0.1) is 0 Å². The van der Waals surface area contributed by atoms with Gasteiger partial charge in [-0.3, -0.25) is 4.79 Å². The van der Waals surface area contributed by atoms with E-state index in [9.17, 15) is 4.79 Å². The Balaban J connectivity index is 1.88. The quantitative estimate of drug-likeness (QED) is 0.708. The van der Waals surface area contributed by atoms with Gasteiger partial charge in [-0.2, -0.15) is 0 Å². The maximum absolute atomic E-state index is 12.5. The van der Waals surface area contributed by atoms with E-state index in [1.807, 2.05) is 18.2 Å². The lowest BCUT2D eigenvalue weighted by molar-refractivity contribution is 0.103. The number of rotatable bonds is 4. The first-order valence-electron chi connectivity index (χ1n) is 6.81. The Morgan fingerprint density at radius 3 is 2.75 bits per heavy atom. The van der Waals surface area contributed by atoms with Crippen molar-refractivity contribution in [1.29, 1.82) is 0 Å². The van der Waals surface area contributed by atoms with Gasteiger partial charge in [-0.1, -0.05) is 39.8 Å². The summed E-state index contributed by atoms with van der Waals surface area (Å²) in [5.74, 6) is 0.359. The zero-order valence-corrected chi connectivity index (χ0v) is 14.7. The molecule has 0 aliphatic heterocycles. The van der Waals surface area contributed by atoms with Crippen LogP contribution in [0.4, 0.5) is 5.69 Å². The van der Waals surface area contributed by atoms with Crippen molar-refractivity contribution in [2.45, 2.75) is 0 Å². The topological polar surface area (TPSA) is 64.1 Å². The molecule has 1 amide bonds. The molecule has 0 spiro atoms. The lowest BCUT2D eigenvalue weighted by Gasteiger charge is -2.06. The lowest BCUT2D eigenvalue weighted by atomic mass is 10.1. The number of nitrogens with zero attached hydrogens (tertiary/aromatic N) is 2. The summed E-state index contributed by atoms with van der Waals surface area (Å²) < 4.78 is 9.09. The monoisotopic (exact) mass is 379 g/mol. The Morgan fingerprint density at radius 1 is 1.17 bits per heavy atom. The molecule has 0 radical (unpaired) electrons. The molecule has 0 saturated heterocycles. The zero-order valence-electron chi connectivity index (χ0n) is 12.4. The average Bonchev–Trinajstić information content (AvgIpc) is 3.08. The molecule has 8 heteroatoms. The number of carbonyl (C=O) groups is 1. The number of ether oxygens (including phenoxy) is 1. The molecular weight excluding hydrogens is 369 g/mol. The third-order valence-electron chi connectivity index (χ3n) is 3.21. The number of amides is 1. The van der Waals surface area contributed by atoms with Gasteiger partial charge in [0.2, 0.25) is 0 Å². The molecule has 1 aromatic heterocycles. The fourth-order valence-electron chi connectivity index (χ4n) is 2.06. The van der Waals surface area contributed by atoms with E-state index in [2.05, 4.69) is 14.9 Å². The molecular formula is C16H11Cl2N3O2S. The van der Waals surface area contributed by atoms with Crippen LogP contribution in [0.25, 0.3) is 11.3 Å². The normalized spacial score (nSPS) is 10.5. The zero-order chi connectivity index (χ0) is 17.1. The molecule has 0 aliphatic rings. The lowest BCUT2D eigenvalue weighted by Crippen LogP contribution is -2.11. The molecule has 24 heavy (non-hydrogen) atoms. The largest absolute Gasteiger partial charge is 0.497 e. The average molecular weight is 380 g/mol. The highest BCUT2D eigenvalue weighted by Crippen LogP contribution is 2.29. The van der Waals surface area contributed by atoms with Crippen LogP contribution in [0.2, 0.25) is 10.0 Å². The predicted molar refractivity (Wildman–Crippen MR) is 96.3 cm³/mol. The molecule has 0 unspecified atom stereocenters. The van der Waals surface area contributed by atoms with Crippen LogP contribution >= 0.6 is 34.7 Å². The van der Waals surface area contributed by atoms with Gasteiger partial charge < -0.3 is 10.1 Å². The smallest absolute Gasteiger partial charge is 0.269 e. The van der Waals surface area contributed by atoms with E-state index < -0.39 is 0 Å². The van der Waals surface area contributed by atoms with E-state index in [0.29, 0.717) is 32.1 Å². The molecule has 1 N–H and O–H groups in total. The van der Waals surface area contributed by atoms with Crippen molar-refractivity contribution in [1.82, 2.24) is 9.59 Å². The highest BCUT2D eigenvalue weighted by molar-refractivity contribution is 7.08. The molecule has 122 valence electrons. The second kappa shape index (κ2) is 7.17. The van der Waals surface area contributed by atoms with Gasteiger partial charge in [-0.05, 0) is 41.9 Å². The first-order valence-corrected chi connectivity index (χ1v) is 8.34. The molecule has 1 heterocycles. The van der Waals surface area contributed by atoms with Crippen molar-refractivity contribution in [3.05, 3.63) is 57.4 Å². The molecule has 5 nitrogen and oxygen atoms in total. The fourth-order valence-corrected chi connectivity index (χ4v) is 2.94.